The molecule has 0 spiro atoms. The maximum absolute atomic E-state index is 4.85. The van der Waals surface area contributed by atoms with Crippen molar-refractivity contribution in [2.24, 2.45) is 3.95 Å². The fourth-order valence-corrected chi connectivity index (χ4v) is 4.29. The second kappa shape index (κ2) is 6.29. The molecule has 0 rings (SSSR count). The van der Waals surface area contributed by atoms with Crippen molar-refractivity contribution in [2.75, 3.05) is 28.2 Å². The zero-order valence-electron chi connectivity index (χ0n) is 9.76. The minimum absolute atomic E-state index is 1.12. The van der Waals surface area contributed by atoms with Crippen LogP contribution in [0.1, 0.15) is 13.8 Å². The summed E-state index contributed by atoms with van der Waals surface area (Å²) in [6.45, 7) is 4.51. The van der Waals surface area contributed by atoms with Crippen molar-refractivity contribution < 1.29 is 0 Å². The van der Waals surface area contributed by atoms with Crippen molar-refractivity contribution in [1.82, 2.24) is 9.80 Å². The van der Waals surface area contributed by atoms with Crippen LogP contribution in [0.3, 0.4) is 0 Å². The maximum atomic E-state index is 4.85. The van der Waals surface area contributed by atoms with Crippen LogP contribution in [-0.2, 0) is 0 Å². The summed E-state index contributed by atoms with van der Waals surface area (Å²) in [6, 6.07) is 0. The Morgan fingerprint density at radius 2 is 1.38 bits per heavy atom. The van der Waals surface area contributed by atoms with Crippen LogP contribution in [0.2, 0.25) is 10.5 Å². The Labute approximate surface area is 87.1 Å². The predicted molar refractivity (Wildman–Crippen MR) is 61.5 cm³/mol. The van der Waals surface area contributed by atoms with Gasteiger partial charge >= 0.3 is 86.8 Å². The Morgan fingerprint density at radius 3 is 1.62 bits per heavy atom. The predicted octanol–water partition coefficient (Wildman–Crippen LogP) is 1.50. The van der Waals surface area contributed by atoms with E-state index in [-0.39, 0.29) is 0 Å². The van der Waals surface area contributed by atoms with E-state index in [1.54, 1.807) is 0 Å². The first-order chi connectivity index (χ1) is 6.02. The molecule has 0 amide bonds. The van der Waals surface area contributed by atoms with Gasteiger partial charge in [0.1, 0.15) is 0 Å². The summed E-state index contributed by atoms with van der Waals surface area (Å²) in [5.41, 5.74) is 0. The van der Waals surface area contributed by atoms with Gasteiger partial charge in [-0.1, -0.05) is 0 Å². The van der Waals surface area contributed by atoms with Crippen molar-refractivity contribution in [3.05, 3.63) is 0 Å². The number of guanidine groups is 1. The van der Waals surface area contributed by atoms with E-state index >= 15 is 0 Å². The summed E-state index contributed by atoms with van der Waals surface area (Å²) >= 11 is -1.12. The average Bonchev–Trinajstić information content (AvgIpc) is 2.05. The summed E-state index contributed by atoms with van der Waals surface area (Å²) in [5.74, 6) is 1.12. The molecule has 4 heteroatoms. The molecule has 0 aliphatic carbocycles. The SMILES string of the molecule is C[CH2][Ge]([CH2]C)[N]=C(N(C)C)N(C)C. The van der Waals surface area contributed by atoms with Gasteiger partial charge in [-0.05, 0) is 0 Å². The van der Waals surface area contributed by atoms with E-state index in [9.17, 15) is 0 Å². The summed E-state index contributed by atoms with van der Waals surface area (Å²) < 4.78 is 4.85. The van der Waals surface area contributed by atoms with Gasteiger partial charge in [0.05, 0.1) is 0 Å². The van der Waals surface area contributed by atoms with Gasteiger partial charge in [-0.2, -0.15) is 0 Å². The van der Waals surface area contributed by atoms with Crippen LogP contribution in [0.4, 0.5) is 0 Å². The fraction of sp³-hybridized carbons (Fsp3) is 0.889. The van der Waals surface area contributed by atoms with Crippen molar-refractivity contribution in [2.45, 2.75) is 24.4 Å². The van der Waals surface area contributed by atoms with Crippen LogP contribution in [0.25, 0.3) is 0 Å². The van der Waals surface area contributed by atoms with Gasteiger partial charge in [0, 0.05) is 0 Å². The van der Waals surface area contributed by atoms with Crippen LogP contribution in [-0.4, -0.2) is 58.5 Å². The molecular weight excluding hydrogens is 223 g/mol. The van der Waals surface area contributed by atoms with Gasteiger partial charge in [0.15, 0.2) is 0 Å². The summed E-state index contributed by atoms with van der Waals surface area (Å²) in [4.78, 5) is 4.19. The molecule has 0 saturated carbocycles. The number of hydrogen-bond donors (Lipinski definition) is 0. The van der Waals surface area contributed by atoms with E-state index in [4.69, 9.17) is 3.95 Å². The van der Waals surface area contributed by atoms with Crippen LogP contribution in [0.5, 0.6) is 0 Å². The Hall–Kier alpha value is -0.187. The van der Waals surface area contributed by atoms with Crippen molar-refractivity contribution in [1.29, 1.82) is 0 Å². The zero-order chi connectivity index (χ0) is 10.4. The Kier molecular flexibility index (Phi) is 6.20. The first kappa shape index (κ1) is 12.8. The minimum atomic E-state index is -1.12. The summed E-state index contributed by atoms with van der Waals surface area (Å²) in [5, 5.41) is 2.56. The molecule has 0 aliphatic heterocycles. The normalized spacial score (nSPS) is 10.1. The standard InChI is InChI=1S/C9H22GeN3/c1-7-10(8-2)11-9(12(3)4)13(5)6/h7-8H2,1-6H3. The van der Waals surface area contributed by atoms with E-state index in [1.807, 2.05) is 0 Å². The van der Waals surface area contributed by atoms with Crippen molar-refractivity contribution in [3.8, 4) is 0 Å². The van der Waals surface area contributed by atoms with Gasteiger partial charge in [0.2, 0.25) is 0 Å². The molecule has 0 aromatic heterocycles. The third-order valence-corrected chi connectivity index (χ3v) is 6.38. The molecule has 0 atom stereocenters. The molecule has 77 valence electrons. The number of rotatable bonds is 3. The van der Waals surface area contributed by atoms with Gasteiger partial charge < -0.3 is 0 Å². The third-order valence-electron chi connectivity index (χ3n) is 1.87. The monoisotopic (exact) mass is 246 g/mol. The Balaban J connectivity index is 4.50. The molecule has 0 saturated heterocycles. The van der Waals surface area contributed by atoms with Gasteiger partial charge in [-0.15, -0.1) is 0 Å². The van der Waals surface area contributed by atoms with E-state index in [0.29, 0.717) is 0 Å². The first-order valence-electron chi connectivity index (χ1n) is 4.80. The third kappa shape index (κ3) is 4.55. The van der Waals surface area contributed by atoms with E-state index in [2.05, 4.69) is 51.8 Å². The Morgan fingerprint density at radius 1 is 1.00 bits per heavy atom. The van der Waals surface area contributed by atoms with Crippen molar-refractivity contribution in [3.63, 3.8) is 0 Å². The second-order valence-corrected chi connectivity index (χ2v) is 9.29. The van der Waals surface area contributed by atoms with Crippen LogP contribution < -0.4 is 0 Å². The fourth-order valence-electron chi connectivity index (χ4n) is 1.15. The van der Waals surface area contributed by atoms with Crippen LogP contribution in [0.15, 0.2) is 3.95 Å². The number of nitrogens with zero attached hydrogens (tertiary/aromatic N) is 3. The molecule has 3 nitrogen and oxygen atoms in total. The van der Waals surface area contributed by atoms with Crippen LogP contribution >= 0.6 is 0 Å². The molecule has 0 unspecified atom stereocenters. The molecule has 0 aromatic carbocycles. The van der Waals surface area contributed by atoms with Crippen LogP contribution in [0, 0.1) is 0 Å². The molecule has 0 bridgehead atoms. The molecule has 0 heterocycles. The molecule has 0 aliphatic rings. The summed E-state index contributed by atoms with van der Waals surface area (Å²) in [7, 11) is 8.22. The number of hydrogen-bond acceptors (Lipinski definition) is 1. The molecule has 0 fully saturated rings. The summed E-state index contributed by atoms with van der Waals surface area (Å²) in [6.07, 6.45) is 0. The zero-order valence-corrected chi connectivity index (χ0v) is 11.9. The molecule has 0 aromatic rings. The van der Waals surface area contributed by atoms with Gasteiger partial charge in [-0.3, -0.25) is 0 Å². The van der Waals surface area contributed by atoms with Gasteiger partial charge in [-0.25, -0.2) is 0 Å². The van der Waals surface area contributed by atoms with Gasteiger partial charge in [0.25, 0.3) is 0 Å². The van der Waals surface area contributed by atoms with E-state index < -0.39 is 14.6 Å². The topological polar surface area (TPSA) is 18.8 Å². The average molecular weight is 245 g/mol. The molecule has 1 radical (unpaired) electrons. The molecule has 0 N–H and O–H groups in total. The molecule has 13 heavy (non-hydrogen) atoms. The first-order valence-corrected chi connectivity index (χ1v) is 8.71. The van der Waals surface area contributed by atoms with E-state index in [0.717, 1.165) is 5.96 Å². The second-order valence-electron chi connectivity index (χ2n) is 3.47. The molecular formula is C9H22GeN3. The van der Waals surface area contributed by atoms with Crippen molar-refractivity contribution >= 4 is 20.5 Å². The van der Waals surface area contributed by atoms with E-state index in [1.165, 1.54) is 10.5 Å². The quantitative estimate of drug-likeness (QED) is 0.426. The Bertz CT molecular complexity index is 152.